The molecule has 0 aromatic rings. The van der Waals surface area contributed by atoms with E-state index in [2.05, 4.69) is 9.89 Å². The van der Waals surface area contributed by atoms with Gasteiger partial charge in [-0.3, -0.25) is 9.79 Å². The summed E-state index contributed by atoms with van der Waals surface area (Å²) in [5.41, 5.74) is 0.994. The topological polar surface area (TPSA) is 93.4 Å². The fraction of sp³-hybridized carbons (Fsp3) is 0.667. The number of β-lactam (4-membered cyclic amide) rings is 1. The summed E-state index contributed by atoms with van der Waals surface area (Å²) in [6.07, 6.45) is 2.46. The summed E-state index contributed by atoms with van der Waals surface area (Å²) < 4.78 is 0. The van der Waals surface area contributed by atoms with E-state index in [1.165, 1.54) is 4.90 Å². The number of carbonyl (C=O) groups excluding carboxylic acids is 1. The number of carboxylic acids is 1. The standard InChI is InChI=1S/C15H21N3O4/c1-8(19)12-11-5-10(9-3-4-17(6-9)7-16-2)13(15(21)22)18(11)14(12)20/h7-9,11-12,19H,3-6H2,1-2H3,(H,21,22)/t8-,9+,11-,12-/m1/s1. The summed E-state index contributed by atoms with van der Waals surface area (Å²) in [4.78, 5) is 31.2. The molecule has 0 spiro atoms. The number of hydrogen-bond donors (Lipinski definition) is 2. The van der Waals surface area contributed by atoms with Gasteiger partial charge in [-0.15, -0.1) is 0 Å². The summed E-state index contributed by atoms with van der Waals surface area (Å²) in [6, 6.07) is -0.192. The molecule has 0 aromatic heterocycles. The average molecular weight is 307 g/mol. The molecule has 0 unspecified atom stereocenters. The number of aliphatic hydroxyl groups excluding tert-OH is 1. The molecule has 1 amide bonds. The molecule has 2 N–H and O–H groups in total. The predicted octanol–water partition coefficient (Wildman–Crippen LogP) is -0.0834. The lowest BCUT2D eigenvalue weighted by Gasteiger charge is -2.44. The van der Waals surface area contributed by atoms with E-state index in [1.54, 1.807) is 20.3 Å². The number of rotatable bonds is 4. The minimum atomic E-state index is -1.04. The Morgan fingerprint density at radius 3 is 2.82 bits per heavy atom. The molecule has 0 aliphatic carbocycles. The average Bonchev–Trinajstić information content (AvgIpc) is 3.00. The number of aliphatic carboxylic acids is 1. The van der Waals surface area contributed by atoms with Gasteiger partial charge in [-0.25, -0.2) is 4.79 Å². The van der Waals surface area contributed by atoms with E-state index < -0.39 is 18.0 Å². The number of aliphatic hydroxyl groups is 1. The first-order valence-electron chi connectivity index (χ1n) is 7.59. The van der Waals surface area contributed by atoms with Gasteiger partial charge in [0, 0.05) is 26.1 Å². The van der Waals surface area contributed by atoms with Crippen LogP contribution in [0.3, 0.4) is 0 Å². The Balaban J connectivity index is 1.85. The number of fused-ring (bicyclic) bond motifs is 1. The largest absolute Gasteiger partial charge is 0.477 e. The van der Waals surface area contributed by atoms with E-state index in [1.807, 2.05) is 0 Å². The van der Waals surface area contributed by atoms with Crippen molar-refractivity contribution in [2.45, 2.75) is 31.9 Å². The number of likely N-dealkylation sites (tertiary alicyclic amines) is 1. The van der Waals surface area contributed by atoms with Crippen LogP contribution in [-0.4, -0.2) is 70.5 Å². The molecule has 0 aromatic carbocycles. The molecule has 2 fully saturated rings. The van der Waals surface area contributed by atoms with Gasteiger partial charge in [0.2, 0.25) is 5.91 Å². The van der Waals surface area contributed by atoms with Crippen LogP contribution in [-0.2, 0) is 9.59 Å². The normalized spacial score (nSPS) is 32.7. The SMILES string of the molecule is CN=CN1CC[C@H](C2=C(C(=O)O)N3C(=O)[C@H]([C@@H](C)O)[C@H]3C2)C1. The van der Waals surface area contributed by atoms with E-state index in [0.717, 1.165) is 25.1 Å². The van der Waals surface area contributed by atoms with Gasteiger partial charge < -0.3 is 20.0 Å². The molecule has 120 valence electrons. The Hall–Kier alpha value is -1.89. The molecule has 2 saturated heterocycles. The van der Waals surface area contributed by atoms with Crippen molar-refractivity contribution in [3.05, 3.63) is 11.3 Å². The summed E-state index contributed by atoms with van der Waals surface area (Å²) >= 11 is 0. The van der Waals surface area contributed by atoms with Crippen LogP contribution in [0.5, 0.6) is 0 Å². The van der Waals surface area contributed by atoms with Gasteiger partial charge in [0.25, 0.3) is 0 Å². The van der Waals surface area contributed by atoms with Crippen LogP contribution in [0.15, 0.2) is 16.3 Å². The van der Waals surface area contributed by atoms with E-state index in [4.69, 9.17) is 0 Å². The first-order valence-corrected chi connectivity index (χ1v) is 7.59. The molecule has 7 heteroatoms. The molecule has 4 atom stereocenters. The maximum atomic E-state index is 12.2. The number of carboxylic acid groups (broad SMARTS) is 1. The van der Waals surface area contributed by atoms with Crippen molar-refractivity contribution in [3.63, 3.8) is 0 Å². The Morgan fingerprint density at radius 1 is 1.50 bits per heavy atom. The number of hydrogen-bond acceptors (Lipinski definition) is 4. The molecule has 0 radical (unpaired) electrons. The Kier molecular flexibility index (Phi) is 3.68. The highest BCUT2D eigenvalue weighted by Gasteiger charge is 2.57. The molecule has 3 rings (SSSR count). The zero-order chi connectivity index (χ0) is 16.0. The lowest BCUT2D eigenvalue weighted by atomic mass is 9.82. The molecule has 3 aliphatic rings. The third kappa shape index (κ3) is 2.11. The smallest absolute Gasteiger partial charge is 0.352 e. The maximum absolute atomic E-state index is 12.2. The van der Waals surface area contributed by atoms with Gasteiger partial charge in [0.15, 0.2) is 0 Å². The first kappa shape index (κ1) is 15.0. The number of amides is 1. The molecule has 3 heterocycles. The van der Waals surface area contributed by atoms with Crippen molar-refractivity contribution >= 4 is 18.2 Å². The summed E-state index contributed by atoms with van der Waals surface area (Å²) in [7, 11) is 1.71. The Morgan fingerprint density at radius 2 is 2.23 bits per heavy atom. The van der Waals surface area contributed by atoms with Crippen LogP contribution >= 0.6 is 0 Å². The molecular formula is C15H21N3O4. The summed E-state index contributed by atoms with van der Waals surface area (Å²) in [5.74, 6) is -1.64. The molecule has 0 saturated carbocycles. The van der Waals surface area contributed by atoms with Crippen molar-refractivity contribution in [1.29, 1.82) is 0 Å². The van der Waals surface area contributed by atoms with E-state index >= 15 is 0 Å². The second-order valence-corrected chi connectivity index (χ2v) is 6.28. The van der Waals surface area contributed by atoms with E-state index in [9.17, 15) is 19.8 Å². The van der Waals surface area contributed by atoms with E-state index in [-0.39, 0.29) is 23.6 Å². The minimum Gasteiger partial charge on any atom is -0.477 e. The van der Waals surface area contributed by atoms with Crippen molar-refractivity contribution in [2.75, 3.05) is 20.1 Å². The van der Waals surface area contributed by atoms with Crippen LogP contribution < -0.4 is 0 Å². The van der Waals surface area contributed by atoms with Gasteiger partial charge in [-0.05, 0) is 25.3 Å². The molecule has 3 aliphatic heterocycles. The molecule has 22 heavy (non-hydrogen) atoms. The van der Waals surface area contributed by atoms with Crippen molar-refractivity contribution in [2.24, 2.45) is 16.8 Å². The Labute approximate surface area is 128 Å². The van der Waals surface area contributed by atoms with Crippen LogP contribution in [0.25, 0.3) is 0 Å². The lowest BCUT2D eigenvalue weighted by molar-refractivity contribution is -0.161. The highest BCUT2D eigenvalue weighted by Crippen LogP contribution is 2.47. The zero-order valence-electron chi connectivity index (χ0n) is 12.8. The molecule has 0 bridgehead atoms. The monoisotopic (exact) mass is 307 g/mol. The summed E-state index contributed by atoms with van der Waals surface area (Å²) in [5, 5.41) is 19.3. The van der Waals surface area contributed by atoms with Crippen LogP contribution in [0.1, 0.15) is 19.8 Å². The number of aliphatic imine (C=N–C) groups is 1. The minimum absolute atomic E-state index is 0.136. The van der Waals surface area contributed by atoms with Gasteiger partial charge >= 0.3 is 5.97 Å². The highest BCUT2D eigenvalue weighted by atomic mass is 16.4. The number of carbonyl (C=O) groups is 2. The Bertz CT molecular complexity index is 569. The predicted molar refractivity (Wildman–Crippen MR) is 79.2 cm³/mol. The van der Waals surface area contributed by atoms with Crippen molar-refractivity contribution < 1.29 is 19.8 Å². The van der Waals surface area contributed by atoms with Crippen molar-refractivity contribution in [3.8, 4) is 0 Å². The van der Waals surface area contributed by atoms with Gasteiger partial charge in [0.1, 0.15) is 5.70 Å². The fourth-order valence-corrected chi connectivity index (χ4v) is 4.01. The summed E-state index contributed by atoms with van der Waals surface area (Å²) in [6.45, 7) is 3.17. The third-order valence-corrected chi connectivity index (χ3v) is 4.96. The first-order chi connectivity index (χ1) is 10.5. The van der Waals surface area contributed by atoms with E-state index in [0.29, 0.717) is 6.42 Å². The maximum Gasteiger partial charge on any atom is 0.352 e. The number of nitrogens with zero attached hydrogens (tertiary/aromatic N) is 3. The van der Waals surface area contributed by atoms with Crippen molar-refractivity contribution in [1.82, 2.24) is 9.80 Å². The second kappa shape index (κ2) is 5.39. The third-order valence-electron chi connectivity index (χ3n) is 4.96. The second-order valence-electron chi connectivity index (χ2n) is 6.28. The van der Waals surface area contributed by atoms with Gasteiger partial charge in [0.05, 0.1) is 24.4 Å². The van der Waals surface area contributed by atoms with Gasteiger partial charge in [-0.2, -0.15) is 0 Å². The lowest BCUT2D eigenvalue weighted by Crippen LogP contribution is -2.61. The fourth-order valence-electron chi connectivity index (χ4n) is 4.01. The quantitative estimate of drug-likeness (QED) is 0.430. The highest BCUT2D eigenvalue weighted by molar-refractivity contribution is 5.99. The zero-order valence-corrected chi connectivity index (χ0v) is 12.8. The molecular weight excluding hydrogens is 286 g/mol. The van der Waals surface area contributed by atoms with Crippen LogP contribution in [0.2, 0.25) is 0 Å². The molecule has 7 nitrogen and oxygen atoms in total. The van der Waals surface area contributed by atoms with Crippen LogP contribution in [0.4, 0.5) is 0 Å². The van der Waals surface area contributed by atoms with Crippen LogP contribution in [0, 0.1) is 11.8 Å². The van der Waals surface area contributed by atoms with Gasteiger partial charge in [-0.1, -0.05) is 0 Å².